The third-order valence-electron chi connectivity index (χ3n) is 4.82. The standard InChI is InChI=1S/C16H28ClN3/c1-5-12-6-8-13(9-7-12)15(18-4)16-14(17)10-19-20(16)11(2)3/h10-13,15,18H,5-9H2,1-4H3. The van der Waals surface area contributed by atoms with Crippen LogP contribution in [0.2, 0.25) is 5.02 Å². The smallest absolute Gasteiger partial charge is 0.0834 e. The predicted octanol–water partition coefficient (Wildman–Crippen LogP) is 4.59. The van der Waals surface area contributed by atoms with E-state index < -0.39 is 0 Å². The SMILES string of the molecule is CCC1CCC(C(NC)c2c(Cl)cnn2C(C)C)CC1. The van der Waals surface area contributed by atoms with Crippen LogP contribution in [0.5, 0.6) is 0 Å². The number of nitrogens with one attached hydrogen (secondary N) is 1. The normalized spacial score (nSPS) is 25.1. The number of hydrogen-bond acceptors (Lipinski definition) is 2. The second-order valence-corrected chi connectivity index (χ2v) is 6.78. The van der Waals surface area contributed by atoms with E-state index >= 15 is 0 Å². The number of rotatable bonds is 5. The fourth-order valence-electron chi connectivity index (χ4n) is 3.58. The predicted molar refractivity (Wildman–Crippen MR) is 85.2 cm³/mol. The zero-order chi connectivity index (χ0) is 14.7. The molecule has 1 heterocycles. The summed E-state index contributed by atoms with van der Waals surface area (Å²) < 4.78 is 2.08. The maximum Gasteiger partial charge on any atom is 0.0834 e. The van der Waals surface area contributed by atoms with Gasteiger partial charge in [0.1, 0.15) is 0 Å². The lowest BCUT2D eigenvalue weighted by molar-refractivity contribution is 0.217. The van der Waals surface area contributed by atoms with E-state index in [0.717, 1.165) is 10.9 Å². The quantitative estimate of drug-likeness (QED) is 0.861. The monoisotopic (exact) mass is 297 g/mol. The summed E-state index contributed by atoms with van der Waals surface area (Å²) in [5.41, 5.74) is 1.17. The van der Waals surface area contributed by atoms with Crippen molar-refractivity contribution in [2.45, 2.75) is 65.0 Å². The van der Waals surface area contributed by atoms with E-state index in [1.165, 1.54) is 37.8 Å². The van der Waals surface area contributed by atoms with Crippen LogP contribution in [-0.4, -0.2) is 16.8 Å². The Morgan fingerprint density at radius 2 is 2.00 bits per heavy atom. The number of nitrogens with zero attached hydrogens (tertiary/aromatic N) is 2. The van der Waals surface area contributed by atoms with Crippen LogP contribution in [0.4, 0.5) is 0 Å². The molecule has 1 saturated carbocycles. The first-order valence-corrected chi connectivity index (χ1v) is 8.36. The summed E-state index contributed by atoms with van der Waals surface area (Å²) in [7, 11) is 2.05. The maximum atomic E-state index is 6.41. The van der Waals surface area contributed by atoms with Crippen molar-refractivity contribution in [3.63, 3.8) is 0 Å². The topological polar surface area (TPSA) is 29.9 Å². The van der Waals surface area contributed by atoms with Crippen molar-refractivity contribution in [2.75, 3.05) is 7.05 Å². The van der Waals surface area contributed by atoms with Gasteiger partial charge in [-0.05, 0) is 45.6 Å². The molecule has 1 N–H and O–H groups in total. The molecular weight excluding hydrogens is 270 g/mol. The van der Waals surface area contributed by atoms with Crippen LogP contribution in [0.25, 0.3) is 0 Å². The highest BCUT2D eigenvalue weighted by molar-refractivity contribution is 6.31. The van der Waals surface area contributed by atoms with Gasteiger partial charge in [0.2, 0.25) is 0 Å². The largest absolute Gasteiger partial charge is 0.311 e. The fourth-order valence-corrected chi connectivity index (χ4v) is 3.83. The Kier molecular flexibility index (Phi) is 5.50. The van der Waals surface area contributed by atoms with Crippen LogP contribution in [-0.2, 0) is 0 Å². The molecule has 20 heavy (non-hydrogen) atoms. The van der Waals surface area contributed by atoms with Gasteiger partial charge in [0.05, 0.1) is 23.0 Å². The molecule has 0 aromatic carbocycles. The Morgan fingerprint density at radius 3 is 2.50 bits per heavy atom. The first-order valence-electron chi connectivity index (χ1n) is 7.98. The van der Waals surface area contributed by atoms with Gasteiger partial charge in [-0.1, -0.05) is 37.8 Å². The molecule has 1 aliphatic carbocycles. The van der Waals surface area contributed by atoms with Crippen molar-refractivity contribution in [3.05, 3.63) is 16.9 Å². The van der Waals surface area contributed by atoms with Gasteiger partial charge < -0.3 is 5.32 Å². The van der Waals surface area contributed by atoms with Gasteiger partial charge in [0.15, 0.2) is 0 Å². The molecule has 1 atom stereocenters. The summed E-state index contributed by atoms with van der Waals surface area (Å²) in [4.78, 5) is 0. The summed E-state index contributed by atoms with van der Waals surface area (Å²) in [5, 5.41) is 8.75. The zero-order valence-electron chi connectivity index (χ0n) is 13.2. The maximum absolute atomic E-state index is 6.41. The van der Waals surface area contributed by atoms with Crippen LogP contribution in [0, 0.1) is 11.8 Å². The Hall–Kier alpha value is -0.540. The van der Waals surface area contributed by atoms with Crippen molar-refractivity contribution in [3.8, 4) is 0 Å². The highest BCUT2D eigenvalue weighted by Crippen LogP contribution is 2.40. The molecule has 0 saturated heterocycles. The van der Waals surface area contributed by atoms with E-state index in [-0.39, 0.29) is 0 Å². The molecule has 0 radical (unpaired) electrons. The third kappa shape index (κ3) is 3.20. The highest BCUT2D eigenvalue weighted by atomic mass is 35.5. The Bertz CT molecular complexity index is 419. The van der Waals surface area contributed by atoms with Crippen LogP contribution in [0.3, 0.4) is 0 Å². The number of hydrogen-bond donors (Lipinski definition) is 1. The Balaban J connectivity index is 2.18. The summed E-state index contributed by atoms with van der Waals surface area (Å²) in [6, 6.07) is 0.672. The molecule has 0 spiro atoms. The second-order valence-electron chi connectivity index (χ2n) is 6.37. The molecular formula is C16H28ClN3. The zero-order valence-corrected chi connectivity index (χ0v) is 14.0. The molecule has 2 rings (SSSR count). The minimum absolute atomic E-state index is 0.324. The van der Waals surface area contributed by atoms with Gasteiger partial charge in [-0.3, -0.25) is 4.68 Å². The van der Waals surface area contributed by atoms with Crippen LogP contribution >= 0.6 is 11.6 Å². The Morgan fingerprint density at radius 1 is 1.35 bits per heavy atom. The van der Waals surface area contributed by atoms with E-state index in [4.69, 9.17) is 11.6 Å². The van der Waals surface area contributed by atoms with Crippen LogP contribution < -0.4 is 5.32 Å². The molecule has 1 aromatic heterocycles. The molecule has 4 heteroatoms. The first kappa shape index (κ1) is 15.8. The van der Waals surface area contributed by atoms with E-state index in [1.807, 2.05) is 7.05 Å². The van der Waals surface area contributed by atoms with Gasteiger partial charge in [0, 0.05) is 6.04 Å². The van der Waals surface area contributed by atoms with Gasteiger partial charge in [0.25, 0.3) is 0 Å². The fraction of sp³-hybridized carbons (Fsp3) is 0.812. The third-order valence-corrected chi connectivity index (χ3v) is 5.11. The average Bonchev–Trinajstić information content (AvgIpc) is 2.83. The van der Waals surface area contributed by atoms with Gasteiger partial charge >= 0.3 is 0 Å². The molecule has 1 aromatic rings. The minimum Gasteiger partial charge on any atom is -0.311 e. The first-order chi connectivity index (χ1) is 9.58. The van der Waals surface area contributed by atoms with Crippen molar-refractivity contribution in [2.24, 2.45) is 11.8 Å². The molecule has 1 fully saturated rings. The highest BCUT2D eigenvalue weighted by Gasteiger charge is 2.31. The molecule has 0 aliphatic heterocycles. The number of aromatic nitrogens is 2. The van der Waals surface area contributed by atoms with Crippen LogP contribution in [0.1, 0.15) is 70.7 Å². The van der Waals surface area contributed by atoms with Crippen molar-refractivity contribution < 1.29 is 0 Å². The van der Waals surface area contributed by atoms with Crippen LogP contribution in [0.15, 0.2) is 6.20 Å². The molecule has 1 aliphatic rings. The minimum atomic E-state index is 0.324. The van der Waals surface area contributed by atoms with E-state index in [9.17, 15) is 0 Å². The molecule has 0 bridgehead atoms. The van der Waals surface area contributed by atoms with Crippen molar-refractivity contribution in [1.82, 2.24) is 15.1 Å². The van der Waals surface area contributed by atoms with E-state index in [1.54, 1.807) is 6.20 Å². The Labute approximate surface area is 128 Å². The van der Waals surface area contributed by atoms with Gasteiger partial charge in [-0.15, -0.1) is 0 Å². The lowest BCUT2D eigenvalue weighted by Crippen LogP contribution is -2.31. The van der Waals surface area contributed by atoms with Crippen molar-refractivity contribution in [1.29, 1.82) is 0 Å². The lowest BCUT2D eigenvalue weighted by Gasteiger charge is -2.34. The number of halogens is 1. The van der Waals surface area contributed by atoms with E-state index in [0.29, 0.717) is 18.0 Å². The van der Waals surface area contributed by atoms with Gasteiger partial charge in [-0.25, -0.2) is 0 Å². The summed E-state index contributed by atoms with van der Waals surface area (Å²) >= 11 is 6.41. The van der Waals surface area contributed by atoms with E-state index in [2.05, 4.69) is 35.9 Å². The lowest BCUT2D eigenvalue weighted by atomic mass is 9.77. The summed E-state index contributed by atoms with van der Waals surface area (Å²) in [6.07, 6.45) is 8.41. The molecule has 1 unspecified atom stereocenters. The summed E-state index contributed by atoms with van der Waals surface area (Å²) in [5.74, 6) is 1.60. The molecule has 3 nitrogen and oxygen atoms in total. The average molecular weight is 298 g/mol. The second kappa shape index (κ2) is 6.95. The summed E-state index contributed by atoms with van der Waals surface area (Å²) in [6.45, 7) is 6.63. The van der Waals surface area contributed by atoms with Gasteiger partial charge in [-0.2, -0.15) is 5.10 Å². The van der Waals surface area contributed by atoms with Crippen molar-refractivity contribution >= 4 is 11.6 Å². The molecule has 0 amide bonds. The molecule has 114 valence electrons.